The monoisotopic (exact) mass is 514 g/mol. The van der Waals surface area contributed by atoms with Crippen LogP contribution in [-0.4, -0.2) is 12.1 Å². The average molecular weight is 515 g/mol. The molecule has 36 heavy (non-hydrogen) atoms. The van der Waals surface area contributed by atoms with Gasteiger partial charge in [-0.2, -0.15) is 5.10 Å². The SMILES string of the molecule is O=C(N/N=C\c1ccc(OCc2ccccc2)cc1)[C@@H]1CC1(c1ccc(Cl)cc1)c1ccc(Cl)cc1. The van der Waals surface area contributed by atoms with Crippen molar-refractivity contribution < 1.29 is 9.53 Å². The Morgan fingerprint density at radius 3 is 2.03 bits per heavy atom. The number of ether oxygens (including phenoxy) is 1. The lowest BCUT2D eigenvalue weighted by atomic mass is 9.85. The molecule has 0 spiro atoms. The van der Waals surface area contributed by atoms with E-state index in [9.17, 15) is 4.79 Å². The largest absolute Gasteiger partial charge is 0.489 e. The van der Waals surface area contributed by atoms with Crippen molar-refractivity contribution >= 4 is 35.3 Å². The Labute approximate surface area is 220 Å². The summed E-state index contributed by atoms with van der Waals surface area (Å²) < 4.78 is 5.82. The Kier molecular flexibility index (Phi) is 7.08. The van der Waals surface area contributed by atoms with Crippen LogP contribution < -0.4 is 10.2 Å². The normalized spacial score (nSPS) is 16.0. The van der Waals surface area contributed by atoms with Gasteiger partial charge in [-0.15, -0.1) is 0 Å². The minimum atomic E-state index is -0.424. The summed E-state index contributed by atoms with van der Waals surface area (Å²) in [6.45, 7) is 0.509. The summed E-state index contributed by atoms with van der Waals surface area (Å²) in [5.74, 6) is 0.401. The molecule has 1 N–H and O–H groups in total. The molecule has 0 aliphatic heterocycles. The number of hydrogen-bond donors (Lipinski definition) is 1. The number of nitrogens with one attached hydrogen (secondary N) is 1. The Balaban J connectivity index is 1.23. The smallest absolute Gasteiger partial charge is 0.244 e. The first kappa shape index (κ1) is 24.1. The molecule has 5 rings (SSSR count). The number of rotatable bonds is 8. The summed E-state index contributed by atoms with van der Waals surface area (Å²) in [5.41, 5.74) is 6.36. The lowest BCUT2D eigenvalue weighted by Crippen LogP contribution is -2.25. The highest BCUT2D eigenvalue weighted by molar-refractivity contribution is 6.30. The molecule has 0 aromatic heterocycles. The van der Waals surface area contributed by atoms with Crippen molar-refractivity contribution in [3.8, 4) is 5.75 Å². The van der Waals surface area contributed by atoms with E-state index in [1.807, 2.05) is 103 Å². The van der Waals surface area contributed by atoms with Crippen LogP contribution in [0.1, 0.15) is 28.7 Å². The van der Waals surface area contributed by atoms with Gasteiger partial charge in [0.05, 0.1) is 12.1 Å². The van der Waals surface area contributed by atoms with E-state index in [0.29, 0.717) is 23.1 Å². The van der Waals surface area contributed by atoms with Gasteiger partial charge in [-0.25, -0.2) is 5.43 Å². The molecule has 0 bridgehead atoms. The standard InChI is InChI=1S/C30H24Cl2N2O2/c31-25-12-8-23(9-13-25)30(24-10-14-26(32)15-11-24)18-28(30)29(35)34-33-19-21-6-16-27(17-7-21)36-20-22-4-2-1-3-5-22/h1-17,19,28H,18,20H2,(H,34,35)/b33-19-/t28-/m0/s1. The fraction of sp³-hybridized carbons (Fsp3) is 0.133. The predicted octanol–water partition coefficient (Wildman–Crippen LogP) is 7.03. The van der Waals surface area contributed by atoms with Crippen LogP contribution in [0.4, 0.5) is 0 Å². The third-order valence-electron chi connectivity index (χ3n) is 6.51. The van der Waals surface area contributed by atoms with Gasteiger partial charge < -0.3 is 4.74 Å². The second-order valence-electron chi connectivity index (χ2n) is 8.82. The van der Waals surface area contributed by atoms with Crippen molar-refractivity contribution in [3.05, 3.63) is 135 Å². The van der Waals surface area contributed by atoms with Gasteiger partial charge in [0.25, 0.3) is 0 Å². The van der Waals surface area contributed by atoms with Crippen LogP contribution >= 0.6 is 23.2 Å². The lowest BCUT2D eigenvalue weighted by molar-refractivity contribution is -0.122. The molecule has 6 heteroatoms. The quantitative estimate of drug-likeness (QED) is 0.202. The summed E-state index contributed by atoms with van der Waals surface area (Å²) in [7, 11) is 0. The topological polar surface area (TPSA) is 50.7 Å². The van der Waals surface area contributed by atoms with E-state index in [4.69, 9.17) is 27.9 Å². The number of benzene rings is 4. The van der Waals surface area contributed by atoms with E-state index in [1.54, 1.807) is 6.21 Å². The first-order chi connectivity index (χ1) is 17.5. The second kappa shape index (κ2) is 10.6. The van der Waals surface area contributed by atoms with E-state index < -0.39 is 5.41 Å². The van der Waals surface area contributed by atoms with Crippen molar-refractivity contribution in [1.82, 2.24) is 5.43 Å². The molecule has 4 aromatic rings. The highest BCUT2D eigenvalue weighted by Gasteiger charge is 2.60. The lowest BCUT2D eigenvalue weighted by Gasteiger charge is -2.19. The van der Waals surface area contributed by atoms with E-state index in [2.05, 4.69) is 10.5 Å². The second-order valence-corrected chi connectivity index (χ2v) is 9.69. The van der Waals surface area contributed by atoms with Crippen LogP contribution in [0, 0.1) is 5.92 Å². The molecule has 1 saturated carbocycles. The Bertz CT molecular complexity index is 1310. The molecule has 0 unspecified atom stereocenters. The number of halogens is 2. The summed E-state index contributed by atoms with van der Waals surface area (Å²) >= 11 is 12.2. The van der Waals surface area contributed by atoms with Gasteiger partial charge in [-0.1, -0.05) is 77.8 Å². The van der Waals surface area contributed by atoms with Gasteiger partial charge in [0, 0.05) is 15.5 Å². The zero-order valence-corrected chi connectivity index (χ0v) is 20.9. The zero-order chi connectivity index (χ0) is 25.0. The molecule has 180 valence electrons. The van der Waals surface area contributed by atoms with E-state index in [1.165, 1.54) is 0 Å². The van der Waals surface area contributed by atoms with Crippen molar-refractivity contribution in [2.45, 2.75) is 18.4 Å². The molecule has 4 nitrogen and oxygen atoms in total. The Morgan fingerprint density at radius 1 is 0.861 bits per heavy atom. The maximum absolute atomic E-state index is 13.1. The molecule has 0 radical (unpaired) electrons. The molecule has 1 amide bonds. The molecule has 1 fully saturated rings. The summed E-state index contributed by atoms with van der Waals surface area (Å²) in [5, 5.41) is 5.52. The van der Waals surface area contributed by atoms with E-state index in [0.717, 1.165) is 28.0 Å². The fourth-order valence-corrected chi connectivity index (χ4v) is 4.77. The van der Waals surface area contributed by atoms with Crippen LogP contribution in [0.3, 0.4) is 0 Å². The maximum atomic E-state index is 13.1. The van der Waals surface area contributed by atoms with Crippen molar-refractivity contribution in [2.24, 2.45) is 11.0 Å². The van der Waals surface area contributed by atoms with E-state index in [-0.39, 0.29) is 11.8 Å². The van der Waals surface area contributed by atoms with Crippen molar-refractivity contribution in [3.63, 3.8) is 0 Å². The van der Waals surface area contributed by atoms with Gasteiger partial charge in [0.1, 0.15) is 12.4 Å². The van der Waals surface area contributed by atoms with Crippen LogP contribution in [-0.2, 0) is 16.8 Å². The zero-order valence-electron chi connectivity index (χ0n) is 19.4. The maximum Gasteiger partial charge on any atom is 0.244 e. The average Bonchev–Trinajstić information content (AvgIpc) is 3.67. The van der Waals surface area contributed by atoms with Crippen LogP contribution in [0.2, 0.25) is 10.0 Å². The number of hydrazone groups is 1. The summed E-state index contributed by atoms with van der Waals surface area (Å²) in [6.07, 6.45) is 2.32. The van der Waals surface area contributed by atoms with Crippen LogP contribution in [0.15, 0.2) is 108 Å². The third-order valence-corrected chi connectivity index (χ3v) is 7.02. The number of hydrogen-bond acceptors (Lipinski definition) is 3. The Morgan fingerprint density at radius 2 is 1.44 bits per heavy atom. The first-order valence-electron chi connectivity index (χ1n) is 11.7. The highest BCUT2D eigenvalue weighted by Crippen LogP contribution is 2.59. The number of amides is 1. The van der Waals surface area contributed by atoms with Gasteiger partial charge in [-0.3, -0.25) is 4.79 Å². The highest BCUT2D eigenvalue weighted by atomic mass is 35.5. The number of carbonyl (C=O) groups is 1. The van der Waals surface area contributed by atoms with Crippen molar-refractivity contribution in [2.75, 3.05) is 0 Å². The van der Waals surface area contributed by atoms with Gasteiger partial charge in [0.2, 0.25) is 5.91 Å². The molecular formula is C30H24Cl2N2O2. The minimum absolute atomic E-state index is 0.126. The van der Waals surface area contributed by atoms with E-state index >= 15 is 0 Å². The molecule has 1 aliphatic rings. The summed E-state index contributed by atoms with van der Waals surface area (Å²) in [6, 6.07) is 32.9. The molecule has 0 heterocycles. The Hall–Kier alpha value is -3.60. The summed E-state index contributed by atoms with van der Waals surface area (Å²) in [4.78, 5) is 13.1. The minimum Gasteiger partial charge on any atom is -0.489 e. The predicted molar refractivity (Wildman–Crippen MR) is 145 cm³/mol. The van der Waals surface area contributed by atoms with Crippen LogP contribution in [0.5, 0.6) is 5.75 Å². The van der Waals surface area contributed by atoms with Gasteiger partial charge >= 0.3 is 0 Å². The van der Waals surface area contributed by atoms with Gasteiger partial charge in [-0.05, 0) is 77.2 Å². The molecule has 4 aromatic carbocycles. The fourth-order valence-electron chi connectivity index (χ4n) is 4.52. The van der Waals surface area contributed by atoms with Gasteiger partial charge in [0.15, 0.2) is 0 Å². The first-order valence-corrected chi connectivity index (χ1v) is 12.4. The van der Waals surface area contributed by atoms with Crippen LogP contribution in [0.25, 0.3) is 0 Å². The van der Waals surface area contributed by atoms with Crippen molar-refractivity contribution in [1.29, 1.82) is 0 Å². The molecular weight excluding hydrogens is 491 g/mol. The number of carbonyl (C=O) groups excluding carboxylic acids is 1. The number of nitrogens with zero attached hydrogens (tertiary/aromatic N) is 1. The third kappa shape index (κ3) is 5.30. The molecule has 1 aliphatic carbocycles. The molecule has 1 atom stereocenters. The molecule has 0 saturated heterocycles.